The first-order chi connectivity index (χ1) is 8.08. The largest absolute Gasteiger partial charge is 0.478 e. The highest BCUT2D eigenvalue weighted by Crippen LogP contribution is 2.08. The molecule has 0 aliphatic heterocycles. The van der Waals surface area contributed by atoms with E-state index in [4.69, 9.17) is 10.8 Å². The number of pyridine rings is 1. The molecule has 0 spiro atoms. The molecule has 0 aliphatic rings. The van der Waals surface area contributed by atoms with Gasteiger partial charge in [0.15, 0.2) is 0 Å². The summed E-state index contributed by atoms with van der Waals surface area (Å²) in [7, 11) is 0. The molecule has 2 aromatic rings. The molecule has 86 valence electrons. The molecule has 1 amide bonds. The number of nitrogens with two attached hydrogens (primary N) is 1. The number of carboxylic acids is 1. The molecule has 0 unspecified atom stereocenters. The van der Waals surface area contributed by atoms with Crippen LogP contribution < -0.4 is 5.73 Å². The molecule has 0 saturated carbocycles. The monoisotopic (exact) mass is 232 g/mol. The molecule has 2 heterocycles. The fraction of sp³-hybridized carbons (Fsp3) is 0. The summed E-state index contributed by atoms with van der Waals surface area (Å²) in [5.41, 5.74) is 5.64. The molecule has 0 bridgehead atoms. The highest BCUT2D eigenvalue weighted by atomic mass is 16.4. The van der Waals surface area contributed by atoms with E-state index in [1.165, 1.54) is 35.4 Å². The predicted molar refractivity (Wildman–Crippen MR) is 56.8 cm³/mol. The van der Waals surface area contributed by atoms with Crippen molar-refractivity contribution >= 4 is 11.9 Å². The maximum Gasteiger partial charge on any atom is 0.337 e. The number of aromatic carboxylic acids is 1. The number of carbonyl (C=O) groups excluding carboxylic acids is 1. The fourth-order valence-corrected chi connectivity index (χ4v) is 1.27. The Kier molecular flexibility index (Phi) is 2.57. The smallest absolute Gasteiger partial charge is 0.337 e. The Morgan fingerprint density at radius 1 is 1.35 bits per heavy atom. The van der Waals surface area contributed by atoms with Crippen molar-refractivity contribution in [3.63, 3.8) is 0 Å². The van der Waals surface area contributed by atoms with Gasteiger partial charge in [-0.3, -0.25) is 9.78 Å². The quantitative estimate of drug-likeness (QED) is 0.777. The molecule has 0 fully saturated rings. The molecule has 2 aromatic heterocycles. The average molecular weight is 232 g/mol. The minimum Gasteiger partial charge on any atom is -0.478 e. The summed E-state index contributed by atoms with van der Waals surface area (Å²) in [5, 5.41) is 12.7. The van der Waals surface area contributed by atoms with Crippen molar-refractivity contribution in [2.45, 2.75) is 0 Å². The average Bonchev–Trinajstić information content (AvgIpc) is 2.78. The summed E-state index contributed by atoms with van der Waals surface area (Å²) in [6.07, 6.45) is 4.16. The third kappa shape index (κ3) is 2.12. The predicted octanol–water partition coefficient (Wildman–Crippen LogP) is 0.0644. The molecule has 17 heavy (non-hydrogen) atoms. The number of hydrogen-bond donors (Lipinski definition) is 2. The van der Waals surface area contributed by atoms with E-state index in [1.54, 1.807) is 0 Å². The van der Waals surface area contributed by atoms with Crippen LogP contribution in [0.5, 0.6) is 0 Å². The van der Waals surface area contributed by atoms with Crippen molar-refractivity contribution < 1.29 is 14.7 Å². The van der Waals surface area contributed by atoms with Gasteiger partial charge in [0.25, 0.3) is 5.91 Å². The van der Waals surface area contributed by atoms with E-state index in [0.29, 0.717) is 5.69 Å². The van der Waals surface area contributed by atoms with E-state index >= 15 is 0 Å². The summed E-state index contributed by atoms with van der Waals surface area (Å²) in [5.74, 6) is -1.73. The lowest BCUT2D eigenvalue weighted by Crippen LogP contribution is -2.12. The van der Waals surface area contributed by atoms with E-state index in [1.807, 2.05) is 0 Å². The zero-order valence-corrected chi connectivity index (χ0v) is 8.57. The zero-order chi connectivity index (χ0) is 12.4. The Morgan fingerprint density at radius 3 is 2.71 bits per heavy atom. The van der Waals surface area contributed by atoms with Crippen LogP contribution >= 0.6 is 0 Å². The molecule has 7 heteroatoms. The van der Waals surface area contributed by atoms with Gasteiger partial charge in [0.05, 0.1) is 17.4 Å². The van der Waals surface area contributed by atoms with Crippen LogP contribution in [0.2, 0.25) is 0 Å². The maximum atomic E-state index is 10.9. The van der Waals surface area contributed by atoms with Crippen LogP contribution in [0.3, 0.4) is 0 Å². The van der Waals surface area contributed by atoms with Crippen molar-refractivity contribution in [2.24, 2.45) is 5.73 Å². The molecule has 0 aliphatic carbocycles. The van der Waals surface area contributed by atoms with Crippen LogP contribution in [-0.2, 0) is 0 Å². The minimum atomic E-state index is -1.08. The summed E-state index contributed by atoms with van der Waals surface area (Å²) in [6.45, 7) is 0. The Labute approximate surface area is 95.5 Å². The number of carbonyl (C=O) groups is 2. The maximum absolute atomic E-state index is 10.9. The van der Waals surface area contributed by atoms with Crippen molar-refractivity contribution in [3.05, 3.63) is 42.0 Å². The van der Waals surface area contributed by atoms with Gasteiger partial charge >= 0.3 is 5.97 Å². The standard InChI is InChI=1S/C10H8N4O3/c11-9(15)8-1-2-14(13-8)7-3-6(10(16)17)4-12-5-7/h1-5H,(H2,11,15)(H,16,17). The molecule has 7 nitrogen and oxygen atoms in total. The van der Waals surface area contributed by atoms with Crippen LogP contribution in [0.25, 0.3) is 5.69 Å². The molecule has 0 aromatic carbocycles. The van der Waals surface area contributed by atoms with Crippen molar-refractivity contribution in [1.29, 1.82) is 0 Å². The van der Waals surface area contributed by atoms with Gasteiger partial charge in [0.1, 0.15) is 5.69 Å². The first kappa shape index (κ1) is 10.8. The summed E-state index contributed by atoms with van der Waals surface area (Å²) in [4.78, 5) is 25.4. The molecular formula is C10H8N4O3. The number of primary amides is 1. The molecule has 3 N–H and O–H groups in total. The van der Waals surface area contributed by atoms with Gasteiger partial charge in [0.2, 0.25) is 0 Å². The second kappa shape index (κ2) is 4.05. The Morgan fingerprint density at radius 2 is 2.12 bits per heavy atom. The van der Waals surface area contributed by atoms with Crippen LogP contribution in [0.4, 0.5) is 0 Å². The van der Waals surface area contributed by atoms with Gasteiger partial charge in [-0.25, -0.2) is 9.48 Å². The lowest BCUT2D eigenvalue weighted by atomic mass is 10.3. The van der Waals surface area contributed by atoms with Gasteiger partial charge < -0.3 is 10.8 Å². The summed E-state index contributed by atoms with van der Waals surface area (Å²) in [6, 6.07) is 2.84. The Hall–Kier alpha value is -2.70. The number of nitrogens with zero attached hydrogens (tertiary/aromatic N) is 3. The highest BCUT2D eigenvalue weighted by Gasteiger charge is 2.08. The first-order valence-corrected chi connectivity index (χ1v) is 4.62. The van der Waals surface area contributed by atoms with Gasteiger partial charge in [-0.15, -0.1) is 0 Å². The summed E-state index contributed by atoms with van der Waals surface area (Å²) >= 11 is 0. The zero-order valence-electron chi connectivity index (χ0n) is 8.57. The van der Waals surface area contributed by atoms with Gasteiger partial charge in [-0.1, -0.05) is 0 Å². The van der Waals surface area contributed by atoms with E-state index in [0.717, 1.165) is 0 Å². The van der Waals surface area contributed by atoms with Gasteiger partial charge in [-0.2, -0.15) is 5.10 Å². The number of amides is 1. The minimum absolute atomic E-state index is 0.0404. The van der Waals surface area contributed by atoms with Gasteiger partial charge in [0, 0.05) is 12.4 Å². The van der Waals surface area contributed by atoms with Crippen LogP contribution in [0, 0.1) is 0 Å². The van der Waals surface area contributed by atoms with Crippen LogP contribution in [0.1, 0.15) is 20.8 Å². The molecular weight excluding hydrogens is 224 g/mol. The lowest BCUT2D eigenvalue weighted by molar-refractivity contribution is 0.0696. The highest BCUT2D eigenvalue weighted by molar-refractivity contribution is 5.90. The van der Waals surface area contributed by atoms with Crippen molar-refractivity contribution in [2.75, 3.05) is 0 Å². The summed E-state index contributed by atoms with van der Waals surface area (Å²) < 4.78 is 1.33. The third-order valence-corrected chi connectivity index (χ3v) is 2.08. The Bertz CT molecular complexity index is 591. The SMILES string of the molecule is NC(=O)c1ccn(-c2cncc(C(=O)O)c2)n1. The van der Waals surface area contributed by atoms with E-state index in [2.05, 4.69) is 10.1 Å². The molecule has 0 saturated heterocycles. The van der Waals surface area contributed by atoms with E-state index < -0.39 is 11.9 Å². The Balaban J connectivity index is 2.42. The second-order valence-corrected chi connectivity index (χ2v) is 3.25. The fourth-order valence-electron chi connectivity index (χ4n) is 1.27. The van der Waals surface area contributed by atoms with Crippen LogP contribution in [0.15, 0.2) is 30.7 Å². The molecule has 0 radical (unpaired) electrons. The second-order valence-electron chi connectivity index (χ2n) is 3.25. The van der Waals surface area contributed by atoms with Gasteiger partial charge in [-0.05, 0) is 12.1 Å². The number of hydrogen-bond acceptors (Lipinski definition) is 4. The number of carboxylic acid groups (broad SMARTS) is 1. The third-order valence-electron chi connectivity index (χ3n) is 2.08. The van der Waals surface area contributed by atoms with Crippen molar-refractivity contribution in [1.82, 2.24) is 14.8 Å². The number of rotatable bonds is 3. The van der Waals surface area contributed by atoms with Crippen molar-refractivity contribution in [3.8, 4) is 5.69 Å². The van der Waals surface area contributed by atoms with E-state index in [9.17, 15) is 9.59 Å². The normalized spacial score (nSPS) is 10.1. The lowest BCUT2D eigenvalue weighted by Gasteiger charge is -2.01. The topological polar surface area (TPSA) is 111 Å². The number of aromatic nitrogens is 3. The van der Waals surface area contributed by atoms with Crippen LogP contribution in [-0.4, -0.2) is 31.7 Å². The first-order valence-electron chi connectivity index (χ1n) is 4.62. The molecule has 0 atom stereocenters. The van der Waals surface area contributed by atoms with E-state index in [-0.39, 0.29) is 11.3 Å². The molecule has 2 rings (SSSR count).